The number of thiazole rings is 1. The van der Waals surface area contributed by atoms with Gasteiger partial charge in [0.2, 0.25) is 17.7 Å². The van der Waals surface area contributed by atoms with Crippen molar-refractivity contribution in [2.45, 2.75) is 40.7 Å². The third-order valence-electron chi connectivity index (χ3n) is 3.50. The van der Waals surface area contributed by atoms with Crippen LogP contribution >= 0.6 is 11.3 Å². The van der Waals surface area contributed by atoms with Crippen LogP contribution in [0.3, 0.4) is 0 Å². The van der Waals surface area contributed by atoms with Gasteiger partial charge in [-0.15, -0.1) is 11.3 Å². The van der Waals surface area contributed by atoms with Crippen LogP contribution in [-0.2, 0) is 20.9 Å². The van der Waals surface area contributed by atoms with Crippen LogP contribution in [0, 0.1) is 5.41 Å². The molecule has 0 unspecified atom stereocenters. The quantitative estimate of drug-likeness (QED) is 0.670. The molecule has 0 bridgehead atoms. The highest BCUT2D eigenvalue weighted by Crippen LogP contribution is 2.26. The smallest absolute Gasteiger partial charge is 0.227 e. The molecule has 9 heteroatoms. The van der Waals surface area contributed by atoms with Gasteiger partial charge in [-0.3, -0.25) is 14.4 Å². The molecule has 2 heterocycles. The summed E-state index contributed by atoms with van der Waals surface area (Å²) in [6.45, 7) is 7.46. The molecule has 3 amide bonds. The van der Waals surface area contributed by atoms with Gasteiger partial charge in [-0.1, -0.05) is 20.8 Å². The van der Waals surface area contributed by atoms with Crippen molar-refractivity contribution in [3.63, 3.8) is 0 Å². The predicted octanol–water partition coefficient (Wildman–Crippen LogP) is 2.53. The molecule has 0 aromatic carbocycles. The van der Waals surface area contributed by atoms with Crippen LogP contribution in [0.5, 0.6) is 0 Å². The molecule has 2 aromatic heterocycles. The molecule has 0 aliphatic carbocycles. The molecule has 2 aromatic rings. The Hall–Kier alpha value is -2.68. The second kappa shape index (κ2) is 8.81. The summed E-state index contributed by atoms with van der Waals surface area (Å²) in [5.74, 6) is 0.721. The molecule has 0 saturated carbocycles. The highest BCUT2D eigenvalue weighted by Gasteiger charge is 2.20. The van der Waals surface area contributed by atoms with Crippen molar-refractivity contribution in [3.05, 3.63) is 23.3 Å². The number of furan rings is 1. The van der Waals surface area contributed by atoms with Gasteiger partial charge < -0.3 is 20.4 Å². The Labute approximate surface area is 161 Å². The zero-order chi connectivity index (χ0) is 20.0. The number of rotatable bonds is 7. The van der Waals surface area contributed by atoms with Crippen LogP contribution in [0.25, 0.3) is 11.5 Å². The molecular formula is C18H24N4O4S. The number of aromatic nitrogens is 1. The standard InChI is InChI=1S/C18H24N4O4S/c1-11(23)20-9-12-5-6-14(26-12)13-10-27-17(21-13)22-15(24)7-8-19-16(25)18(2,3)4/h5-6,10H,7-9H2,1-4H3,(H,19,25)(H,20,23)(H,21,22,24). The maximum Gasteiger partial charge on any atom is 0.227 e. The molecular weight excluding hydrogens is 368 g/mol. The molecule has 0 aliphatic heterocycles. The summed E-state index contributed by atoms with van der Waals surface area (Å²) in [5.41, 5.74) is 0.119. The maximum atomic E-state index is 12.0. The van der Waals surface area contributed by atoms with E-state index in [1.165, 1.54) is 18.3 Å². The van der Waals surface area contributed by atoms with Crippen LogP contribution in [0.1, 0.15) is 39.9 Å². The molecule has 27 heavy (non-hydrogen) atoms. The molecule has 146 valence electrons. The normalized spacial score (nSPS) is 11.1. The Morgan fingerprint density at radius 3 is 2.59 bits per heavy atom. The fourth-order valence-electron chi connectivity index (χ4n) is 2.00. The Bertz CT molecular complexity index is 819. The summed E-state index contributed by atoms with van der Waals surface area (Å²) in [5, 5.41) is 10.3. The summed E-state index contributed by atoms with van der Waals surface area (Å²) >= 11 is 1.28. The summed E-state index contributed by atoms with van der Waals surface area (Å²) in [4.78, 5) is 39.0. The Kier molecular flexibility index (Phi) is 6.73. The monoisotopic (exact) mass is 392 g/mol. The first-order valence-electron chi connectivity index (χ1n) is 8.52. The lowest BCUT2D eigenvalue weighted by Gasteiger charge is -2.17. The van der Waals surface area contributed by atoms with Gasteiger partial charge in [0.15, 0.2) is 10.9 Å². The van der Waals surface area contributed by atoms with E-state index in [2.05, 4.69) is 20.9 Å². The lowest BCUT2D eigenvalue weighted by Crippen LogP contribution is -2.36. The number of carbonyl (C=O) groups excluding carboxylic acids is 3. The number of nitrogens with one attached hydrogen (secondary N) is 3. The van der Waals surface area contributed by atoms with Crippen LogP contribution in [0.4, 0.5) is 5.13 Å². The molecule has 0 aliphatic rings. The van der Waals surface area contributed by atoms with Crippen molar-refractivity contribution in [2.24, 2.45) is 5.41 Å². The summed E-state index contributed by atoms with van der Waals surface area (Å²) < 4.78 is 5.63. The summed E-state index contributed by atoms with van der Waals surface area (Å²) in [6, 6.07) is 3.53. The van der Waals surface area contributed by atoms with E-state index < -0.39 is 5.41 Å². The second-order valence-electron chi connectivity index (χ2n) is 7.02. The van der Waals surface area contributed by atoms with E-state index in [1.54, 1.807) is 17.5 Å². The van der Waals surface area contributed by atoms with Crippen molar-refractivity contribution in [1.82, 2.24) is 15.6 Å². The van der Waals surface area contributed by atoms with Crippen molar-refractivity contribution < 1.29 is 18.8 Å². The van der Waals surface area contributed by atoms with E-state index in [9.17, 15) is 14.4 Å². The molecule has 8 nitrogen and oxygen atoms in total. The van der Waals surface area contributed by atoms with Gasteiger partial charge in [0.25, 0.3) is 0 Å². The minimum Gasteiger partial charge on any atom is -0.458 e. The number of carbonyl (C=O) groups is 3. The first-order valence-corrected chi connectivity index (χ1v) is 9.40. The van der Waals surface area contributed by atoms with Crippen molar-refractivity contribution in [3.8, 4) is 11.5 Å². The molecule has 0 saturated heterocycles. The number of hydrogen-bond acceptors (Lipinski definition) is 6. The first kappa shape index (κ1) is 20.6. The zero-order valence-corrected chi connectivity index (χ0v) is 16.7. The minimum absolute atomic E-state index is 0.0975. The van der Waals surface area contributed by atoms with Gasteiger partial charge in [-0.2, -0.15) is 0 Å². The van der Waals surface area contributed by atoms with Crippen molar-refractivity contribution in [1.29, 1.82) is 0 Å². The van der Waals surface area contributed by atoms with Gasteiger partial charge in [0.05, 0.1) is 6.54 Å². The van der Waals surface area contributed by atoms with E-state index in [0.29, 0.717) is 28.9 Å². The maximum absolute atomic E-state index is 12.0. The fraction of sp³-hybridized carbons (Fsp3) is 0.444. The van der Waals surface area contributed by atoms with Gasteiger partial charge >= 0.3 is 0 Å². The number of anilines is 1. The second-order valence-corrected chi connectivity index (χ2v) is 7.88. The zero-order valence-electron chi connectivity index (χ0n) is 15.8. The Balaban J connectivity index is 1.84. The molecule has 0 atom stereocenters. The topological polar surface area (TPSA) is 113 Å². The van der Waals surface area contributed by atoms with E-state index in [-0.39, 0.29) is 30.7 Å². The van der Waals surface area contributed by atoms with E-state index in [4.69, 9.17) is 4.42 Å². The molecule has 3 N–H and O–H groups in total. The third kappa shape index (κ3) is 6.52. The largest absolute Gasteiger partial charge is 0.458 e. The Morgan fingerprint density at radius 2 is 1.93 bits per heavy atom. The highest BCUT2D eigenvalue weighted by atomic mass is 32.1. The average molecular weight is 392 g/mol. The van der Waals surface area contributed by atoms with Gasteiger partial charge in [-0.25, -0.2) is 4.98 Å². The van der Waals surface area contributed by atoms with Crippen LogP contribution < -0.4 is 16.0 Å². The summed E-state index contributed by atoms with van der Waals surface area (Å²) in [6.07, 6.45) is 0.165. The lowest BCUT2D eigenvalue weighted by molar-refractivity contribution is -0.128. The van der Waals surface area contributed by atoms with Gasteiger partial charge in [-0.05, 0) is 12.1 Å². The van der Waals surface area contributed by atoms with Gasteiger partial charge in [0.1, 0.15) is 11.5 Å². The van der Waals surface area contributed by atoms with Crippen LogP contribution in [0.2, 0.25) is 0 Å². The molecule has 0 spiro atoms. The van der Waals surface area contributed by atoms with Gasteiger partial charge in [0, 0.05) is 30.7 Å². The lowest BCUT2D eigenvalue weighted by atomic mass is 9.96. The third-order valence-corrected chi connectivity index (χ3v) is 4.25. The minimum atomic E-state index is -0.484. The van der Waals surface area contributed by atoms with E-state index in [0.717, 1.165) is 0 Å². The van der Waals surface area contributed by atoms with Crippen LogP contribution in [0.15, 0.2) is 21.9 Å². The number of hydrogen-bond donors (Lipinski definition) is 3. The van der Waals surface area contributed by atoms with E-state index >= 15 is 0 Å². The SMILES string of the molecule is CC(=O)NCc1ccc(-c2csc(NC(=O)CCNC(=O)C(C)(C)C)n2)o1. The van der Waals surface area contributed by atoms with E-state index in [1.807, 2.05) is 20.8 Å². The fourth-order valence-corrected chi connectivity index (χ4v) is 2.72. The first-order chi connectivity index (χ1) is 12.6. The molecule has 0 fully saturated rings. The molecule has 2 rings (SSSR count). The average Bonchev–Trinajstić information content (AvgIpc) is 3.20. The highest BCUT2D eigenvalue weighted by molar-refractivity contribution is 7.14. The number of nitrogens with zero attached hydrogens (tertiary/aromatic N) is 1. The Morgan fingerprint density at radius 1 is 1.19 bits per heavy atom. The van der Waals surface area contributed by atoms with Crippen molar-refractivity contribution in [2.75, 3.05) is 11.9 Å². The summed E-state index contributed by atoms with van der Waals surface area (Å²) in [7, 11) is 0. The van der Waals surface area contributed by atoms with Crippen molar-refractivity contribution >= 4 is 34.2 Å². The van der Waals surface area contributed by atoms with Crippen LogP contribution in [-0.4, -0.2) is 29.3 Å². The number of amides is 3. The predicted molar refractivity (Wildman–Crippen MR) is 103 cm³/mol. The molecule has 0 radical (unpaired) electrons.